The molecule has 0 aliphatic carbocycles. The summed E-state index contributed by atoms with van der Waals surface area (Å²) in [6.45, 7) is -0.245. The van der Waals surface area contributed by atoms with E-state index in [0.29, 0.717) is 30.1 Å². The molecular formula is C22H38O7S4. The predicted octanol–water partition coefficient (Wildman–Crippen LogP) is 3.96. The first-order valence-electron chi connectivity index (χ1n) is 10.8. The number of carbonyl (C=O) groups is 4. The van der Waals surface area contributed by atoms with Gasteiger partial charge in [0.1, 0.15) is 25.6 Å². The quantitative estimate of drug-likeness (QED) is 0.156. The third kappa shape index (κ3) is 17.6. The van der Waals surface area contributed by atoms with Crippen LogP contribution in [-0.2, 0) is 33.4 Å². The molecule has 0 aliphatic rings. The summed E-state index contributed by atoms with van der Waals surface area (Å²) in [5, 5.41) is 0. The fourth-order valence-electron chi connectivity index (χ4n) is 2.56. The Labute approximate surface area is 215 Å². The molecule has 0 spiro atoms. The molecule has 0 bridgehead atoms. The lowest BCUT2D eigenvalue weighted by Crippen LogP contribution is -2.40. The minimum atomic E-state index is -0.964. The van der Waals surface area contributed by atoms with Gasteiger partial charge in [-0.2, -0.15) is 47.0 Å². The van der Waals surface area contributed by atoms with Gasteiger partial charge in [-0.05, 0) is 37.2 Å². The van der Waals surface area contributed by atoms with Gasteiger partial charge in [-0.15, -0.1) is 0 Å². The third-order valence-corrected chi connectivity index (χ3v) is 7.12. The molecule has 33 heavy (non-hydrogen) atoms. The lowest BCUT2D eigenvalue weighted by atomic mass is 9.84. The van der Waals surface area contributed by atoms with Crippen LogP contribution in [0.15, 0.2) is 0 Å². The van der Waals surface area contributed by atoms with E-state index in [1.165, 1.54) is 35.3 Å². The van der Waals surface area contributed by atoms with E-state index in [2.05, 4.69) is 0 Å². The Morgan fingerprint density at radius 1 is 0.545 bits per heavy atom. The molecule has 0 aromatic carbocycles. The van der Waals surface area contributed by atoms with Gasteiger partial charge >= 0.3 is 17.9 Å². The van der Waals surface area contributed by atoms with Crippen LogP contribution in [0.4, 0.5) is 0 Å². The van der Waals surface area contributed by atoms with Crippen molar-refractivity contribution < 1.29 is 33.4 Å². The summed E-state index contributed by atoms with van der Waals surface area (Å²) < 4.78 is 16.5. The topological polar surface area (TPSA) is 96.0 Å². The molecule has 7 nitrogen and oxygen atoms in total. The van der Waals surface area contributed by atoms with Gasteiger partial charge in [0.25, 0.3) is 0 Å². The van der Waals surface area contributed by atoms with Gasteiger partial charge in [0.05, 0.1) is 24.7 Å². The number of rotatable bonds is 21. The van der Waals surface area contributed by atoms with Crippen LogP contribution < -0.4 is 0 Å². The molecule has 0 aromatic rings. The van der Waals surface area contributed by atoms with Crippen LogP contribution in [0.1, 0.15) is 38.5 Å². The summed E-state index contributed by atoms with van der Waals surface area (Å²) in [7, 11) is 0. The van der Waals surface area contributed by atoms with Crippen molar-refractivity contribution in [2.45, 2.75) is 38.5 Å². The van der Waals surface area contributed by atoms with E-state index in [1.54, 1.807) is 11.8 Å². The summed E-state index contributed by atoms with van der Waals surface area (Å²) in [5.74, 6) is 1.58. The van der Waals surface area contributed by atoms with Crippen LogP contribution in [-0.4, -0.2) is 91.5 Å². The zero-order valence-corrected chi connectivity index (χ0v) is 23.4. The highest BCUT2D eigenvalue weighted by Crippen LogP contribution is 2.28. The minimum absolute atomic E-state index is 0.0739. The first-order valence-corrected chi connectivity index (χ1v) is 16.3. The van der Waals surface area contributed by atoms with Gasteiger partial charge in [0.2, 0.25) is 0 Å². The van der Waals surface area contributed by atoms with Gasteiger partial charge < -0.3 is 14.2 Å². The molecule has 0 saturated carbocycles. The molecular weight excluding hydrogens is 505 g/mol. The van der Waals surface area contributed by atoms with E-state index in [9.17, 15) is 19.2 Å². The largest absolute Gasteiger partial charge is 0.465 e. The molecule has 0 fully saturated rings. The standard InChI is InChI=1S/C22H38O7S4/c1-30-11-6-18(23)5-10-22(15-27-19(24)7-12-31-2,16-28-20(25)8-13-32-3)17-29-21(26)9-14-33-4/h5-17H2,1-4H3. The average Bonchev–Trinajstić information content (AvgIpc) is 2.82. The summed E-state index contributed by atoms with van der Waals surface area (Å²) in [6.07, 6.45) is 9.37. The number of hydrogen-bond donors (Lipinski definition) is 0. The van der Waals surface area contributed by atoms with Crippen LogP contribution in [0.2, 0.25) is 0 Å². The molecule has 192 valence electrons. The number of hydrogen-bond acceptors (Lipinski definition) is 11. The maximum atomic E-state index is 12.3. The number of Topliss-reactive ketones (excluding diaryl/α,β-unsaturated/α-hetero) is 1. The molecule has 0 atom stereocenters. The molecule has 11 heteroatoms. The Morgan fingerprint density at radius 2 is 0.879 bits per heavy atom. The fourth-order valence-corrected chi connectivity index (χ4v) is 4.10. The van der Waals surface area contributed by atoms with Crippen LogP contribution in [0, 0.1) is 5.41 Å². The van der Waals surface area contributed by atoms with Gasteiger partial charge in [-0.25, -0.2) is 0 Å². The second-order valence-electron chi connectivity index (χ2n) is 7.49. The highest BCUT2D eigenvalue weighted by molar-refractivity contribution is 7.99. The van der Waals surface area contributed by atoms with Crippen molar-refractivity contribution in [1.82, 2.24) is 0 Å². The summed E-state index contributed by atoms with van der Waals surface area (Å²) in [4.78, 5) is 48.8. The molecule has 0 saturated heterocycles. The van der Waals surface area contributed by atoms with Crippen molar-refractivity contribution in [1.29, 1.82) is 0 Å². The molecule has 0 heterocycles. The van der Waals surface area contributed by atoms with Crippen molar-refractivity contribution in [2.75, 3.05) is 67.9 Å². The van der Waals surface area contributed by atoms with E-state index < -0.39 is 5.41 Å². The summed E-state index contributed by atoms with van der Waals surface area (Å²) >= 11 is 6.21. The first kappa shape index (κ1) is 32.5. The van der Waals surface area contributed by atoms with Gasteiger partial charge in [0.15, 0.2) is 0 Å². The molecule has 0 aliphatic heterocycles. The second kappa shape index (κ2) is 20.8. The number of ether oxygens (including phenoxy) is 3. The Morgan fingerprint density at radius 3 is 1.21 bits per heavy atom. The SMILES string of the molecule is CSCCC(=O)CCC(COC(=O)CCSC)(COC(=O)CCSC)COC(=O)CCSC. The van der Waals surface area contributed by atoms with Crippen LogP contribution in [0.3, 0.4) is 0 Å². The van der Waals surface area contributed by atoms with Crippen molar-refractivity contribution in [3.05, 3.63) is 0 Å². The number of esters is 3. The van der Waals surface area contributed by atoms with Crippen LogP contribution in [0.5, 0.6) is 0 Å². The highest BCUT2D eigenvalue weighted by Gasteiger charge is 2.36. The molecule has 0 aromatic heterocycles. The second-order valence-corrected chi connectivity index (χ2v) is 11.4. The molecule has 0 amide bonds. The van der Waals surface area contributed by atoms with E-state index >= 15 is 0 Å². The van der Waals surface area contributed by atoms with E-state index in [1.807, 2.05) is 25.0 Å². The molecule has 0 radical (unpaired) electrons. The van der Waals surface area contributed by atoms with E-state index in [-0.39, 0.29) is 69.2 Å². The zero-order chi connectivity index (χ0) is 25.0. The van der Waals surface area contributed by atoms with Crippen LogP contribution in [0.25, 0.3) is 0 Å². The van der Waals surface area contributed by atoms with Gasteiger partial charge in [-0.1, -0.05) is 0 Å². The summed E-state index contributed by atoms with van der Waals surface area (Å²) in [6, 6.07) is 0. The van der Waals surface area contributed by atoms with Crippen molar-refractivity contribution in [2.24, 2.45) is 5.41 Å². The van der Waals surface area contributed by atoms with Gasteiger partial charge in [0, 0.05) is 30.1 Å². The Bertz CT molecular complexity index is 486. The minimum Gasteiger partial charge on any atom is -0.465 e. The lowest BCUT2D eigenvalue weighted by Gasteiger charge is -2.32. The maximum absolute atomic E-state index is 12.3. The van der Waals surface area contributed by atoms with Crippen molar-refractivity contribution >= 4 is 70.7 Å². The first-order chi connectivity index (χ1) is 15.8. The molecule has 0 rings (SSSR count). The Balaban J connectivity index is 5.42. The Kier molecular flexibility index (Phi) is 20.5. The Hall–Kier alpha value is -0.520. The maximum Gasteiger partial charge on any atom is 0.306 e. The smallest absolute Gasteiger partial charge is 0.306 e. The third-order valence-electron chi connectivity index (χ3n) is 4.67. The zero-order valence-electron chi connectivity index (χ0n) is 20.2. The number of carbonyl (C=O) groups excluding carboxylic acids is 4. The molecule has 0 unspecified atom stereocenters. The van der Waals surface area contributed by atoms with Crippen molar-refractivity contribution in [3.8, 4) is 0 Å². The lowest BCUT2D eigenvalue weighted by molar-refractivity contribution is -0.162. The average molecular weight is 543 g/mol. The predicted molar refractivity (Wildman–Crippen MR) is 142 cm³/mol. The molecule has 0 N–H and O–H groups in total. The van der Waals surface area contributed by atoms with E-state index in [4.69, 9.17) is 14.2 Å². The monoisotopic (exact) mass is 542 g/mol. The summed E-state index contributed by atoms with van der Waals surface area (Å²) in [5.41, 5.74) is -0.964. The van der Waals surface area contributed by atoms with Crippen LogP contribution >= 0.6 is 47.0 Å². The normalized spacial score (nSPS) is 11.2. The highest BCUT2D eigenvalue weighted by atomic mass is 32.2. The van der Waals surface area contributed by atoms with E-state index in [0.717, 1.165) is 5.75 Å². The fraction of sp³-hybridized carbons (Fsp3) is 0.818. The van der Waals surface area contributed by atoms with Gasteiger partial charge in [-0.3, -0.25) is 19.2 Å². The number of thioether (sulfide) groups is 4. The number of ketones is 1. The van der Waals surface area contributed by atoms with Crippen molar-refractivity contribution in [3.63, 3.8) is 0 Å².